The Morgan fingerprint density at radius 1 is 0.711 bits per heavy atom. The van der Waals surface area contributed by atoms with Gasteiger partial charge in [0.05, 0.1) is 6.20 Å². The molecule has 2 aliphatic rings. The molecule has 0 spiro atoms. The highest BCUT2D eigenvalue weighted by Crippen LogP contribution is 2.24. The Morgan fingerprint density at radius 3 is 1.82 bits per heavy atom. The van der Waals surface area contributed by atoms with E-state index in [9.17, 15) is 0 Å². The van der Waals surface area contributed by atoms with Crippen LogP contribution in [0.4, 0.5) is 11.6 Å². The Labute approximate surface area is 224 Å². The fourth-order valence-electron chi connectivity index (χ4n) is 4.92. The first-order valence-corrected chi connectivity index (χ1v) is 13.5. The number of aromatic nitrogens is 5. The molecule has 198 valence electrons. The second-order valence-corrected chi connectivity index (χ2v) is 10.5. The minimum Gasteiger partial charge on any atom is -0.423 e. The maximum Gasteiger partial charge on any atom is 0.490 e. The molecule has 0 radical (unpaired) electrons. The van der Waals surface area contributed by atoms with Crippen LogP contribution in [0.2, 0.25) is 0 Å². The molecule has 6 heterocycles. The lowest BCUT2D eigenvalue weighted by atomic mass is 9.82. The monoisotopic (exact) mass is 513 g/mol. The van der Waals surface area contributed by atoms with E-state index in [-0.39, 0.29) is 0 Å². The zero-order valence-electron chi connectivity index (χ0n) is 22.2. The third-order valence-electron chi connectivity index (χ3n) is 7.61. The summed E-state index contributed by atoms with van der Waals surface area (Å²) in [7, 11) is -1.43. The van der Waals surface area contributed by atoms with Crippen LogP contribution >= 0.6 is 0 Å². The van der Waals surface area contributed by atoms with E-state index in [4.69, 9.17) is 10.0 Å². The average molecular weight is 513 g/mol. The number of anilines is 2. The molecule has 0 aromatic carbocycles. The van der Waals surface area contributed by atoms with E-state index in [2.05, 4.69) is 55.8 Å². The second-order valence-electron chi connectivity index (χ2n) is 10.5. The van der Waals surface area contributed by atoms with Crippen LogP contribution in [-0.2, 0) is 0 Å². The Morgan fingerprint density at radius 2 is 1.29 bits per heavy atom. The van der Waals surface area contributed by atoms with Crippen molar-refractivity contribution in [2.45, 2.75) is 39.5 Å². The van der Waals surface area contributed by atoms with Crippen LogP contribution in [0, 0.1) is 11.8 Å². The summed E-state index contributed by atoms with van der Waals surface area (Å²) in [4.78, 5) is 17.9. The molecule has 2 N–H and O–H groups in total. The average Bonchev–Trinajstić information content (AvgIpc) is 3.43. The number of pyridine rings is 2. The number of rotatable bonds is 4. The predicted octanol–water partition coefficient (Wildman–Crippen LogP) is 3.03. The van der Waals surface area contributed by atoms with Crippen molar-refractivity contribution in [1.82, 2.24) is 24.6 Å². The summed E-state index contributed by atoms with van der Waals surface area (Å²) in [5.41, 5.74) is 3.39. The normalized spacial score (nSPS) is 16.8. The molecule has 6 rings (SSSR count). The van der Waals surface area contributed by atoms with Gasteiger partial charge in [-0.3, -0.25) is 0 Å². The molecular weight excluding hydrogens is 477 g/mol. The Bertz CT molecular complexity index is 1300. The van der Waals surface area contributed by atoms with E-state index >= 15 is 0 Å². The summed E-state index contributed by atoms with van der Waals surface area (Å²) in [6.07, 6.45) is 14.0. The van der Waals surface area contributed by atoms with Gasteiger partial charge in [-0.15, -0.1) is 0 Å². The van der Waals surface area contributed by atoms with Crippen molar-refractivity contribution in [2.75, 3.05) is 36.0 Å². The summed E-state index contributed by atoms with van der Waals surface area (Å²) in [5.74, 6) is 3.64. The number of hydrogen-bond donors (Lipinski definition) is 2. The van der Waals surface area contributed by atoms with Crippen LogP contribution < -0.4 is 15.3 Å². The molecular formula is C28H36BN7O2. The number of piperidine rings is 2. The molecule has 0 bridgehead atoms. The van der Waals surface area contributed by atoms with Gasteiger partial charge in [0.2, 0.25) is 0 Å². The molecule has 0 aliphatic carbocycles. The molecule has 0 amide bonds. The van der Waals surface area contributed by atoms with Crippen LogP contribution in [-0.4, -0.2) is 67.9 Å². The van der Waals surface area contributed by atoms with E-state index in [1.54, 1.807) is 16.8 Å². The number of fused-ring (bicyclic) bond motifs is 1. The third kappa shape index (κ3) is 6.31. The number of nitrogens with zero attached hydrogens (tertiary/aromatic N) is 7. The maximum absolute atomic E-state index is 8.96. The lowest BCUT2D eigenvalue weighted by Gasteiger charge is -2.31. The van der Waals surface area contributed by atoms with Gasteiger partial charge in [-0.25, -0.2) is 19.5 Å². The van der Waals surface area contributed by atoms with Crippen molar-refractivity contribution in [3.8, 4) is 11.1 Å². The van der Waals surface area contributed by atoms with Gasteiger partial charge in [0, 0.05) is 73.6 Å². The summed E-state index contributed by atoms with van der Waals surface area (Å²) in [6.45, 7) is 8.88. The lowest BCUT2D eigenvalue weighted by Crippen LogP contribution is -2.35. The van der Waals surface area contributed by atoms with Gasteiger partial charge >= 0.3 is 7.12 Å². The van der Waals surface area contributed by atoms with Gasteiger partial charge in [-0.05, 0) is 55.7 Å². The SMILES string of the molecule is CC1CCN(c2ccc(-c3cnc4ccnn4c3)cn2)CC1.CC1CCN(c2ccc(B(O)O)cn2)CC1. The maximum atomic E-state index is 8.96. The Hall–Kier alpha value is -3.50. The second kappa shape index (κ2) is 11.9. The van der Waals surface area contributed by atoms with Crippen molar-refractivity contribution < 1.29 is 10.0 Å². The van der Waals surface area contributed by atoms with E-state index in [0.717, 1.165) is 66.4 Å². The minimum atomic E-state index is -1.43. The molecule has 4 aromatic heterocycles. The molecule has 38 heavy (non-hydrogen) atoms. The summed E-state index contributed by atoms with van der Waals surface area (Å²) in [6, 6.07) is 9.68. The van der Waals surface area contributed by atoms with E-state index in [1.165, 1.54) is 31.9 Å². The van der Waals surface area contributed by atoms with Crippen molar-refractivity contribution in [1.29, 1.82) is 0 Å². The molecule has 2 fully saturated rings. The van der Waals surface area contributed by atoms with Gasteiger partial charge < -0.3 is 19.8 Å². The Balaban J connectivity index is 0.000000163. The van der Waals surface area contributed by atoms with Gasteiger partial charge in [-0.2, -0.15) is 5.10 Å². The standard InChI is InChI=1S/C17H19N5.C11H17BN2O2/c1-13-5-8-21(9-6-13)16-3-2-14(10-18-16)15-11-19-17-4-7-20-22(17)12-15;1-9-4-6-14(7-5-9)11-3-2-10(8-13-11)12(15)16/h2-4,7,10-13H,5-6,8-9H2,1H3;2-3,8-9,15-16H,4-7H2,1H3. The largest absolute Gasteiger partial charge is 0.490 e. The molecule has 2 aliphatic heterocycles. The molecule has 0 saturated carbocycles. The van der Waals surface area contributed by atoms with E-state index in [0.29, 0.717) is 5.46 Å². The summed E-state index contributed by atoms with van der Waals surface area (Å²) in [5, 5.41) is 22.2. The minimum absolute atomic E-state index is 0.439. The van der Waals surface area contributed by atoms with E-state index < -0.39 is 7.12 Å². The predicted molar refractivity (Wildman–Crippen MR) is 152 cm³/mol. The molecule has 4 aromatic rings. The van der Waals surface area contributed by atoms with Gasteiger partial charge in [0.1, 0.15) is 11.6 Å². The van der Waals surface area contributed by atoms with Crippen molar-refractivity contribution in [2.24, 2.45) is 11.8 Å². The third-order valence-corrected chi connectivity index (χ3v) is 7.61. The molecule has 0 atom stereocenters. The molecule has 2 saturated heterocycles. The van der Waals surface area contributed by atoms with Crippen LogP contribution in [0.1, 0.15) is 39.5 Å². The van der Waals surface area contributed by atoms with E-state index in [1.807, 2.05) is 30.7 Å². The topological polar surface area (TPSA) is 103 Å². The van der Waals surface area contributed by atoms with Crippen LogP contribution in [0.3, 0.4) is 0 Å². The van der Waals surface area contributed by atoms with Gasteiger partial charge in [0.15, 0.2) is 5.65 Å². The smallest absolute Gasteiger partial charge is 0.423 e. The summed E-state index contributed by atoms with van der Waals surface area (Å²) < 4.78 is 1.79. The van der Waals surface area contributed by atoms with Crippen molar-refractivity contribution in [3.63, 3.8) is 0 Å². The number of hydrogen-bond acceptors (Lipinski definition) is 8. The van der Waals surface area contributed by atoms with Crippen LogP contribution in [0.5, 0.6) is 0 Å². The first-order valence-electron chi connectivity index (χ1n) is 13.5. The van der Waals surface area contributed by atoms with Crippen molar-refractivity contribution in [3.05, 3.63) is 61.3 Å². The fourth-order valence-corrected chi connectivity index (χ4v) is 4.92. The highest BCUT2D eigenvalue weighted by Gasteiger charge is 2.18. The van der Waals surface area contributed by atoms with Crippen LogP contribution in [0.25, 0.3) is 16.8 Å². The molecule has 9 nitrogen and oxygen atoms in total. The first-order chi connectivity index (χ1) is 18.5. The first kappa shape index (κ1) is 26.1. The fraction of sp³-hybridized carbons (Fsp3) is 0.429. The molecule has 0 unspecified atom stereocenters. The Kier molecular flexibility index (Phi) is 8.19. The quantitative estimate of drug-likeness (QED) is 0.402. The summed E-state index contributed by atoms with van der Waals surface area (Å²) >= 11 is 0. The lowest BCUT2D eigenvalue weighted by molar-refractivity contribution is 0.425. The van der Waals surface area contributed by atoms with Crippen molar-refractivity contribution >= 4 is 29.9 Å². The molecule has 10 heteroatoms. The zero-order valence-corrected chi connectivity index (χ0v) is 22.2. The zero-order chi connectivity index (χ0) is 26.5. The van der Waals surface area contributed by atoms with Crippen LogP contribution in [0.15, 0.2) is 61.3 Å². The van der Waals surface area contributed by atoms with Gasteiger partial charge in [0.25, 0.3) is 0 Å². The van der Waals surface area contributed by atoms with Gasteiger partial charge in [-0.1, -0.05) is 19.9 Å². The highest BCUT2D eigenvalue weighted by atomic mass is 16.4. The highest BCUT2D eigenvalue weighted by molar-refractivity contribution is 6.58.